The second-order valence-corrected chi connectivity index (χ2v) is 5.59. The van der Waals surface area contributed by atoms with E-state index in [4.69, 9.17) is 0 Å². The second-order valence-electron chi connectivity index (χ2n) is 5.59. The maximum absolute atomic E-state index is 12.5. The largest absolute Gasteiger partial charge is 0.434 e. The van der Waals surface area contributed by atoms with Crippen LogP contribution in [0.25, 0.3) is 0 Å². The van der Waals surface area contributed by atoms with Crippen molar-refractivity contribution in [3.05, 3.63) is 72.1 Å². The number of carbonyl (C=O) groups is 1. The molecule has 3 rings (SSSR count). The highest BCUT2D eigenvalue weighted by Gasteiger charge is 2.11. The number of anilines is 3. The molecule has 6 nitrogen and oxygen atoms in total. The molecule has 138 valence electrons. The number of alkyl halides is 2. The lowest BCUT2D eigenvalue weighted by atomic mass is 10.1. The Morgan fingerprint density at radius 2 is 1.81 bits per heavy atom. The number of ether oxygens (including phenoxy) is 1. The van der Waals surface area contributed by atoms with Gasteiger partial charge in [-0.25, -0.2) is 9.97 Å². The molecule has 1 amide bonds. The van der Waals surface area contributed by atoms with E-state index >= 15 is 0 Å². The van der Waals surface area contributed by atoms with E-state index in [-0.39, 0.29) is 11.7 Å². The Bertz CT molecular complexity index is 936. The third-order valence-corrected chi connectivity index (χ3v) is 3.61. The Balaban J connectivity index is 1.74. The number of nitrogens with one attached hydrogen (secondary N) is 2. The molecule has 0 aliphatic carbocycles. The molecule has 0 fully saturated rings. The van der Waals surface area contributed by atoms with Gasteiger partial charge in [0.25, 0.3) is 5.91 Å². The van der Waals surface area contributed by atoms with Crippen molar-refractivity contribution in [2.45, 2.75) is 13.5 Å². The summed E-state index contributed by atoms with van der Waals surface area (Å²) in [5, 5.41) is 5.66. The maximum atomic E-state index is 12.5. The van der Waals surface area contributed by atoms with Gasteiger partial charge in [-0.15, -0.1) is 0 Å². The van der Waals surface area contributed by atoms with Crippen LogP contribution in [0.5, 0.6) is 5.75 Å². The van der Waals surface area contributed by atoms with Crippen LogP contribution in [0.4, 0.5) is 26.1 Å². The number of hydrogen-bond donors (Lipinski definition) is 2. The molecular weight excluding hydrogens is 354 g/mol. The first-order chi connectivity index (χ1) is 13.0. The van der Waals surface area contributed by atoms with Crippen LogP contribution in [-0.4, -0.2) is 22.5 Å². The van der Waals surface area contributed by atoms with Gasteiger partial charge in [0.2, 0.25) is 5.95 Å². The normalized spacial score (nSPS) is 10.5. The first-order valence-corrected chi connectivity index (χ1v) is 8.02. The Morgan fingerprint density at radius 1 is 1.04 bits per heavy atom. The summed E-state index contributed by atoms with van der Waals surface area (Å²) < 4.78 is 29.4. The first-order valence-electron chi connectivity index (χ1n) is 8.02. The lowest BCUT2D eigenvalue weighted by Crippen LogP contribution is -2.12. The minimum Gasteiger partial charge on any atom is -0.434 e. The predicted molar refractivity (Wildman–Crippen MR) is 97.5 cm³/mol. The fourth-order valence-electron chi connectivity index (χ4n) is 2.33. The number of carbonyl (C=O) groups excluding carboxylic acids is 1. The van der Waals surface area contributed by atoms with Crippen molar-refractivity contribution in [2.75, 3.05) is 10.6 Å². The van der Waals surface area contributed by atoms with Gasteiger partial charge in [-0.1, -0.05) is 12.1 Å². The van der Waals surface area contributed by atoms with Gasteiger partial charge < -0.3 is 15.4 Å². The summed E-state index contributed by atoms with van der Waals surface area (Å²) in [5.74, 6) is 0.0290. The van der Waals surface area contributed by atoms with Gasteiger partial charge in [0.05, 0.1) is 0 Å². The lowest BCUT2D eigenvalue weighted by molar-refractivity contribution is -0.0502. The summed E-state index contributed by atoms with van der Waals surface area (Å²) in [7, 11) is 0. The van der Waals surface area contributed by atoms with Crippen LogP contribution >= 0.6 is 0 Å². The lowest BCUT2D eigenvalue weighted by Gasteiger charge is -2.11. The molecule has 8 heteroatoms. The maximum Gasteiger partial charge on any atom is 0.387 e. The zero-order valence-corrected chi connectivity index (χ0v) is 14.3. The summed E-state index contributed by atoms with van der Waals surface area (Å²) in [6.45, 7) is -1.29. The van der Waals surface area contributed by atoms with E-state index in [1.807, 2.05) is 0 Å². The summed E-state index contributed by atoms with van der Waals surface area (Å²) in [6, 6.07) is 13.0. The summed E-state index contributed by atoms with van der Waals surface area (Å²) in [4.78, 5) is 20.6. The van der Waals surface area contributed by atoms with Gasteiger partial charge in [0, 0.05) is 35.4 Å². The van der Waals surface area contributed by atoms with E-state index in [2.05, 4.69) is 25.3 Å². The van der Waals surface area contributed by atoms with Crippen molar-refractivity contribution >= 4 is 23.2 Å². The standard InChI is InChI=1S/C19H16F2N4O2/c1-12-6-7-15(11-16(12)27-18(20)21)24-17(26)13-4-2-5-14(10-13)25-19-22-8-3-9-23-19/h2-11,18H,1H3,(H,24,26)(H,22,23,25). The van der Waals surface area contributed by atoms with Crippen molar-refractivity contribution in [3.63, 3.8) is 0 Å². The SMILES string of the molecule is Cc1ccc(NC(=O)c2cccc(Nc3ncccn3)c2)cc1OC(F)F. The van der Waals surface area contributed by atoms with Gasteiger partial charge in [-0.05, 0) is 42.8 Å². The summed E-state index contributed by atoms with van der Waals surface area (Å²) in [5.41, 5.74) is 1.92. The van der Waals surface area contributed by atoms with Crippen molar-refractivity contribution in [1.82, 2.24) is 9.97 Å². The molecule has 0 saturated heterocycles. The van der Waals surface area contributed by atoms with Gasteiger partial charge in [-0.3, -0.25) is 4.79 Å². The molecule has 0 radical (unpaired) electrons. The molecule has 0 unspecified atom stereocenters. The smallest absolute Gasteiger partial charge is 0.387 e. The molecule has 0 bridgehead atoms. The molecule has 2 N–H and O–H groups in total. The topological polar surface area (TPSA) is 76.1 Å². The number of hydrogen-bond acceptors (Lipinski definition) is 5. The Labute approximate surface area is 154 Å². The third kappa shape index (κ3) is 4.97. The van der Waals surface area contributed by atoms with Crippen LogP contribution in [0.3, 0.4) is 0 Å². The van der Waals surface area contributed by atoms with Gasteiger partial charge in [-0.2, -0.15) is 8.78 Å². The van der Waals surface area contributed by atoms with E-state index in [1.165, 1.54) is 6.07 Å². The fourth-order valence-corrected chi connectivity index (χ4v) is 2.33. The number of nitrogens with zero attached hydrogens (tertiary/aromatic N) is 2. The average molecular weight is 370 g/mol. The highest BCUT2D eigenvalue weighted by atomic mass is 19.3. The molecule has 1 heterocycles. The molecule has 0 aliphatic rings. The highest BCUT2D eigenvalue weighted by Crippen LogP contribution is 2.25. The van der Waals surface area contributed by atoms with Crippen LogP contribution < -0.4 is 15.4 Å². The Hall–Kier alpha value is -3.55. The number of rotatable bonds is 6. The predicted octanol–water partition coefficient (Wildman–Crippen LogP) is 4.38. The van der Waals surface area contributed by atoms with Crippen LogP contribution in [0.15, 0.2) is 60.9 Å². The summed E-state index contributed by atoms with van der Waals surface area (Å²) >= 11 is 0. The molecule has 27 heavy (non-hydrogen) atoms. The minimum absolute atomic E-state index is 0.0134. The van der Waals surface area contributed by atoms with E-state index in [1.54, 1.807) is 61.8 Å². The van der Waals surface area contributed by atoms with Gasteiger partial charge in [0.1, 0.15) is 5.75 Å². The monoisotopic (exact) mass is 370 g/mol. The van der Waals surface area contributed by atoms with E-state index in [9.17, 15) is 13.6 Å². The van der Waals surface area contributed by atoms with Crippen LogP contribution in [0.2, 0.25) is 0 Å². The number of aromatic nitrogens is 2. The number of aryl methyl sites for hydroxylation is 1. The molecule has 0 atom stereocenters. The molecule has 1 aromatic heterocycles. The summed E-state index contributed by atoms with van der Waals surface area (Å²) in [6.07, 6.45) is 3.20. The molecule has 0 spiro atoms. The average Bonchev–Trinajstić information content (AvgIpc) is 2.65. The first kappa shape index (κ1) is 18.2. The van der Waals surface area contributed by atoms with E-state index < -0.39 is 6.61 Å². The second kappa shape index (κ2) is 8.22. The number of benzene rings is 2. The van der Waals surface area contributed by atoms with E-state index in [0.717, 1.165) is 0 Å². The quantitative estimate of drug-likeness (QED) is 0.673. The molecule has 2 aromatic carbocycles. The zero-order chi connectivity index (χ0) is 19.2. The third-order valence-electron chi connectivity index (χ3n) is 3.61. The van der Waals surface area contributed by atoms with Crippen molar-refractivity contribution in [1.29, 1.82) is 0 Å². The fraction of sp³-hybridized carbons (Fsp3) is 0.105. The van der Waals surface area contributed by atoms with Crippen LogP contribution in [0.1, 0.15) is 15.9 Å². The van der Waals surface area contributed by atoms with Crippen LogP contribution in [0, 0.1) is 6.92 Å². The number of halogens is 2. The minimum atomic E-state index is -2.93. The van der Waals surface area contributed by atoms with Crippen molar-refractivity contribution in [2.24, 2.45) is 0 Å². The highest BCUT2D eigenvalue weighted by molar-refractivity contribution is 6.05. The van der Waals surface area contributed by atoms with Crippen LogP contribution in [-0.2, 0) is 0 Å². The van der Waals surface area contributed by atoms with Crippen molar-refractivity contribution in [3.8, 4) is 5.75 Å². The zero-order valence-electron chi connectivity index (χ0n) is 14.3. The Kier molecular flexibility index (Phi) is 5.55. The molecular formula is C19H16F2N4O2. The molecule has 0 saturated carbocycles. The molecule has 3 aromatic rings. The van der Waals surface area contributed by atoms with Gasteiger partial charge >= 0.3 is 6.61 Å². The number of amides is 1. The van der Waals surface area contributed by atoms with E-state index in [0.29, 0.717) is 28.5 Å². The van der Waals surface area contributed by atoms with Gasteiger partial charge in [0.15, 0.2) is 0 Å². The van der Waals surface area contributed by atoms with Crippen molar-refractivity contribution < 1.29 is 18.3 Å². The Morgan fingerprint density at radius 3 is 2.56 bits per heavy atom. The molecule has 0 aliphatic heterocycles.